The highest BCUT2D eigenvalue weighted by molar-refractivity contribution is 5.69. The number of benzene rings is 1. The molecule has 2 atom stereocenters. The number of hydrogen-bond acceptors (Lipinski definition) is 3. The molecule has 0 radical (unpaired) electrons. The number of epoxide rings is 1. The molecule has 0 N–H and O–H groups in total. The topological polar surface area (TPSA) is 42.1 Å². The molecule has 2 aliphatic rings. The summed E-state index contributed by atoms with van der Waals surface area (Å²) in [6.07, 6.45) is 0.767. The standard InChI is InChI=1S/C16H21NO3/c1-16(2,3)20-15(18)17-9-12-7-5-4-6-11(12)8-13(17)14-10-19-14/h4-7,13-14H,8-10H2,1-3H3/t13-,14-/m0/s1. The highest BCUT2D eigenvalue weighted by atomic mass is 16.6. The molecule has 1 fully saturated rings. The summed E-state index contributed by atoms with van der Waals surface area (Å²) >= 11 is 0. The monoisotopic (exact) mass is 275 g/mol. The van der Waals surface area contributed by atoms with Gasteiger partial charge in [0.25, 0.3) is 0 Å². The smallest absolute Gasteiger partial charge is 0.410 e. The van der Waals surface area contributed by atoms with E-state index in [1.807, 2.05) is 37.8 Å². The molecular weight excluding hydrogens is 254 g/mol. The summed E-state index contributed by atoms with van der Waals surface area (Å²) in [5.74, 6) is 0. The van der Waals surface area contributed by atoms with E-state index in [4.69, 9.17) is 9.47 Å². The SMILES string of the molecule is CC(C)(C)OC(=O)N1Cc2ccccc2C[C@H]1[C@@H]1CO1. The molecule has 0 unspecified atom stereocenters. The molecule has 0 saturated carbocycles. The Morgan fingerprint density at radius 3 is 2.55 bits per heavy atom. The van der Waals surface area contributed by atoms with Gasteiger partial charge in [-0.25, -0.2) is 4.79 Å². The summed E-state index contributed by atoms with van der Waals surface area (Å²) in [7, 11) is 0. The van der Waals surface area contributed by atoms with Crippen molar-refractivity contribution in [2.75, 3.05) is 6.61 Å². The van der Waals surface area contributed by atoms with Crippen LogP contribution in [-0.4, -0.2) is 35.3 Å². The Kier molecular flexibility index (Phi) is 3.21. The second kappa shape index (κ2) is 4.77. The number of amides is 1. The predicted octanol–water partition coefficient (Wildman–Crippen LogP) is 2.75. The maximum atomic E-state index is 12.4. The van der Waals surface area contributed by atoms with Crippen LogP contribution in [0.1, 0.15) is 31.9 Å². The minimum atomic E-state index is -0.469. The number of ether oxygens (including phenoxy) is 2. The molecule has 20 heavy (non-hydrogen) atoms. The second-order valence-corrected chi connectivity index (χ2v) is 6.52. The zero-order valence-electron chi connectivity index (χ0n) is 12.3. The van der Waals surface area contributed by atoms with Gasteiger partial charge in [0.1, 0.15) is 11.7 Å². The highest BCUT2D eigenvalue weighted by Gasteiger charge is 2.42. The quantitative estimate of drug-likeness (QED) is 0.740. The van der Waals surface area contributed by atoms with Crippen molar-refractivity contribution in [3.05, 3.63) is 35.4 Å². The Labute approximate surface area is 119 Å². The van der Waals surface area contributed by atoms with Crippen molar-refractivity contribution in [2.24, 2.45) is 0 Å². The summed E-state index contributed by atoms with van der Waals surface area (Å²) in [6.45, 7) is 7.03. The average molecular weight is 275 g/mol. The fourth-order valence-electron chi connectivity index (χ4n) is 2.68. The molecule has 1 saturated heterocycles. The molecule has 108 valence electrons. The second-order valence-electron chi connectivity index (χ2n) is 6.52. The lowest BCUT2D eigenvalue weighted by Gasteiger charge is -2.37. The van der Waals surface area contributed by atoms with Crippen LogP contribution in [0, 0.1) is 0 Å². The van der Waals surface area contributed by atoms with Crippen LogP contribution in [0.2, 0.25) is 0 Å². The number of rotatable bonds is 1. The first-order chi connectivity index (χ1) is 9.44. The van der Waals surface area contributed by atoms with E-state index in [0.29, 0.717) is 6.54 Å². The van der Waals surface area contributed by atoms with Gasteiger partial charge in [-0.3, -0.25) is 4.90 Å². The van der Waals surface area contributed by atoms with Gasteiger partial charge >= 0.3 is 6.09 Å². The van der Waals surface area contributed by atoms with E-state index in [-0.39, 0.29) is 18.2 Å². The van der Waals surface area contributed by atoms with Gasteiger partial charge in [-0.05, 0) is 38.3 Å². The van der Waals surface area contributed by atoms with E-state index >= 15 is 0 Å². The van der Waals surface area contributed by atoms with Crippen LogP contribution in [-0.2, 0) is 22.4 Å². The van der Waals surface area contributed by atoms with Crippen LogP contribution < -0.4 is 0 Å². The number of carbonyl (C=O) groups excluding carboxylic acids is 1. The Hall–Kier alpha value is -1.55. The fraction of sp³-hybridized carbons (Fsp3) is 0.562. The zero-order chi connectivity index (χ0) is 14.3. The summed E-state index contributed by atoms with van der Waals surface area (Å²) in [6, 6.07) is 8.38. The van der Waals surface area contributed by atoms with Crippen molar-refractivity contribution in [3.8, 4) is 0 Å². The lowest BCUT2D eigenvalue weighted by atomic mass is 9.93. The fourth-order valence-corrected chi connectivity index (χ4v) is 2.68. The van der Waals surface area contributed by atoms with Crippen molar-refractivity contribution in [2.45, 2.75) is 51.5 Å². The van der Waals surface area contributed by atoms with Crippen LogP contribution >= 0.6 is 0 Å². The third-order valence-electron chi connectivity index (χ3n) is 3.70. The zero-order valence-corrected chi connectivity index (χ0v) is 12.3. The summed E-state index contributed by atoms with van der Waals surface area (Å²) in [5, 5.41) is 0. The van der Waals surface area contributed by atoms with Gasteiger partial charge in [0.05, 0.1) is 12.6 Å². The summed E-state index contributed by atoms with van der Waals surface area (Å²) < 4.78 is 11.0. The van der Waals surface area contributed by atoms with E-state index in [0.717, 1.165) is 13.0 Å². The molecule has 0 aromatic heterocycles. The third kappa shape index (κ3) is 2.80. The van der Waals surface area contributed by atoms with Crippen molar-refractivity contribution >= 4 is 6.09 Å². The molecule has 2 heterocycles. The Morgan fingerprint density at radius 1 is 1.30 bits per heavy atom. The number of nitrogens with zero attached hydrogens (tertiary/aromatic N) is 1. The van der Waals surface area contributed by atoms with E-state index < -0.39 is 5.60 Å². The Bertz CT molecular complexity index is 517. The van der Waals surface area contributed by atoms with Gasteiger partial charge in [-0.1, -0.05) is 24.3 Å². The molecule has 2 aliphatic heterocycles. The number of carbonyl (C=O) groups is 1. The van der Waals surface area contributed by atoms with Crippen LogP contribution in [0.3, 0.4) is 0 Å². The predicted molar refractivity (Wildman–Crippen MR) is 75.5 cm³/mol. The van der Waals surface area contributed by atoms with Crippen LogP contribution in [0.5, 0.6) is 0 Å². The Balaban J connectivity index is 1.83. The van der Waals surface area contributed by atoms with E-state index in [1.54, 1.807) is 0 Å². The molecule has 3 rings (SSSR count). The van der Waals surface area contributed by atoms with Crippen molar-refractivity contribution < 1.29 is 14.3 Å². The first kappa shape index (κ1) is 13.4. The first-order valence-corrected chi connectivity index (χ1v) is 7.12. The van der Waals surface area contributed by atoms with Crippen LogP contribution in [0.25, 0.3) is 0 Å². The first-order valence-electron chi connectivity index (χ1n) is 7.12. The average Bonchev–Trinajstić information content (AvgIpc) is 3.19. The summed E-state index contributed by atoms with van der Waals surface area (Å²) in [4.78, 5) is 14.2. The van der Waals surface area contributed by atoms with Crippen LogP contribution in [0.4, 0.5) is 4.79 Å². The lowest BCUT2D eigenvalue weighted by Crippen LogP contribution is -2.49. The largest absolute Gasteiger partial charge is 0.444 e. The van der Waals surface area contributed by atoms with Gasteiger partial charge in [-0.15, -0.1) is 0 Å². The van der Waals surface area contributed by atoms with Crippen molar-refractivity contribution in [3.63, 3.8) is 0 Å². The van der Waals surface area contributed by atoms with E-state index in [9.17, 15) is 4.79 Å². The maximum absolute atomic E-state index is 12.4. The third-order valence-corrected chi connectivity index (χ3v) is 3.70. The van der Waals surface area contributed by atoms with Gasteiger partial charge in [0.15, 0.2) is 0 Å². The van der Waals surface area contributed by atoms with E-state index in [2.05, 4.69) is 12.1 Å². The molecule has 0 aliphatic carbocycles. The van der Waals surface area contributed by atoms with Gasteiger partial charge in [-0.2, -0.15) is 0 Å². The Morgan fingerprint density at radius 2 is 1.95 bits per heavy atom. The molecule has 4 nitrogen and oxygen atoms in total. The lowest BCUT2D eigenvalue weighted by molar-refractivity contribution is 0.00863. The van der Waals surface area contributed by atoms with Crippen molar-refractivity contribution in [1.29, 1.82) is 0 Å². The molecule has 4 heteroatoms. The van der Waals surface area contributed by atoms with Gasteiger partial charge in [0.2, 0.25) is 0 Å². The summed E-state index contributed by atoms with van der Waals surface area (Å²) in [5.41, 5.74) is 2.05. The van der Waals surface area contributed by atoms with Gasteiger partial charge < -0.3 is 9.47 Å². The molecule has 0 bridgehead atoms. The number of fused-ring (bicyclic) bond motifs is 1. The molecule has 1 aromatic rings. The van der Waals surface area contributed by atoms with E-state index in [1.165, 1.54) is 11.1 Å². The van der Waals surface area contributed by atoms with Crippen molar-refractivity contribution in [1.82, 2.24) is 4.90 Å². The number of hydrogen-bond donors (Lipinski definition) is 0. The normalized spacial score (nSPS) is 25.1. The maximum Gasteiger partial charge on any atom is 0.410 e. The minimum absolute atomic E-state index is 0.0970. The van der Waals surface area contributed by atoms with Crippen LogP contribution in [0.15, 0.2) is 24.3 Å². The molecule has 1 aromatic carbocycles. The minimum Gasteiger partial charge on any atom is -0.444 e. The molecule has 1 amide bonds. The highest BCUT2D eigenvalue weighted by Crippen LogP contribution is 2.31. The molecule has 0 spiro atoms. The van der Waals surface area contributed by atoms with Gasteiger partial charge in [0, 0.05) is 6.54 Å². The molecular formula is C16H21NO3.